The van der Waals surface area contributed by atoms with Gasteiger partial charge in [-0.15, -0.1) is 0 Å². The molecule has 2 rings (SSSR count). The molecule has 0 aromatic carbocycles. The molecule has 0 aromatic heterocycles. The van der Waals surface area contributed by atoms with Gasteiger partial charge in [-0.3, -0.25) is 0 Å². The minimum atomic E-state index is -0.0612. The first kappa shape index (κ1) is 16.6. The first-order chi connectivity index (χ1) is 9.37. The highest BCUT2D eigenvalue weighted by Gasteiger charge is 2.32. The van der Waals surface area contributed by atoms with E-state index >= 15 is 0 Å². The molecule has 3 heteroatoms. The van der Waals surface area contributed by atoms with Crippen LogP contribution in [0.1, 0.15) is 53.4 Å². The smallest absolute Gasteiger partial charge is 0.0580 e. The van der Waals surface area contributed by atoms with Crippen molar-refractivity contribution < 1.29 is 5.11 Å². The van der Waals surface area contributed by atoms with Gasteiger partial charge < -0.3 is 10.0 Å². The standard InChI is InChI=1S/C17H33NOS/c1-13(2)14-5-6-16(19)15(11-14)12-18-8-7-17(3,4)20-10-9-18/h13-16,19H,5-12H2,1-4H3. The lowest BCUT2D eigenvalue weighted by molar-refractivity contribution is 0.0194. The van der Waals surface area contributed by atoms with Crippen LogP contribution in [-0.4, -0.2) is 46.2 Å². The average Bonchev–Trinajstić information content (AvgIpc) is 2.53. The monoisotopic (exact) mass is 299 g/mol. The summed E-state index contributed by atoms with van der Waals surface area (Å²) in [6.07, 6.45) is 4.67. The molecule has 118 valence electrons. The number of aliphatic hydroxyl groups is 1. The molecule has 3 atom stereocenters. The van der Waals surface area contributed by atoms with Crippen LogP contribution in [0.15, 0.2) is 0 Å². The van der Waals surface area contributed by atoms with Crippen LogP contribution in [0.25, 0.3) is 0 Å². The first-order valence-corrected chi connectivity index (χ1v) is 9.40. The molecule has 0 bridgehead atoms. The Labute approximate surface area is 129 Å². The van der Waals surface area contributed by atoms with Crippen LogP contribution in [0.2, 0.25) is 0 Å². The zero-order valence-corrected chi connectivity index (χ0v) is 14.6. The van der Waals surface area contributed by atoms with E-state index in [4.69, 9.17) is 0 Å². The Kier molecular flexibility index (Phi) is 5.84. The minimum Gasteiger partial charge on any atom is -0.393 e. The summed E-state index contributed by atoms with van der Waals surface area (Å²) in [6.45, 7) is 12.9. The maximum absolute atomic E-state index is 10.3. The Hall–Kier alpha value is 0.270. The van der Waals surface area contributed by atoms with Crippen LogP contribution in [-0.2, 0) is 0 Å². The second-order valence-corrected chi connectivity index (χ2v) is 9.61. The van der Waals surface area contributed by atoms with Crippen molar-refractivity contribution in [1.82, 2.24) is 4.90 Å². The van der Waals surface area contributed by atoms with Gasteiger partial charge in [0.1, 0.15) is 0 Å². The van der Waals surface area contributed by atoms with E-state index in [1.165, 1.54) is 38.1 Å². The third-order valence-electron chi connectivity index (χ3n) is 5.35. The molecule has 0 radical (unpaired) electrons. The summed E-state index contributed by atoms with van der Waals surface area (Å²) < 4.78 is 0.431. The van der Waals surface area contributed by atoms with E-state index in [9.17, 15) is 5.11 Å². The van der Waals surface area contributed by atoms with Crippen LogP contribution in [0.5, 0.6) is 0 Å². The van der Waals surface area contributed by atoms with Gasteiger partial charge in [-0.2, -0.15) is 11.8 Å². The molecule has 1 aliphatic carbocycles. The second kappa shape index (κ2) is 7.02. The Morgan fingerprint density at radius 1 is 1.25 bits per heavy atom. The summed E-state index contributed by atoms with van der Waals surface area (Å²) in [5.41, 5.74) is 0. The van der Waals surface area contributed by atoms with Gasteiger partial charge in [0.05, 0.1) is 6.10 Å². The molecule has 1 saturated heterocycles. The maximum atomic E-state index is 10.3. The zero-order chi connectivity index (χ0) is 14.8. The number of aliphatic hydroxyl groups excluding tert-OH is 1. The van der Waals surface area contributed by atoms with Crippen LogP contribution in [0.4, 0.5) is 0 Å². The molecule has 2 nitrogen and oxygen atoms in total. The minimum absolute atomic E-state index is 0.0612. The van der Waals surface area contributed by atoms with Crippen molar-refractivity contribution >= 4 is 11.8 Å². The molecular formula is C17H33NOS. The molecule has 0 amide bonds. The first-order valence-electron chi connectivity index (χ1n) is 8.42. The van der Waals surface area contributed by atoms with Gasteiger partial charge in [0.25, 0.3) is 0 Å². The van der Waals surface area contributed by atoms with Crippen molar-refractivity contribution in [2.45, 2.75) is 64.2 Å². The van der Waals surface area contributed by atoms with Gasteiger partial charge in [0, 0.05) is 23.6 Å². The lowest BCUT2D eigenvalue weighted by atomic mass is 9.74. The summed E-state index contributed by atoms with van der Waals surface area (Å²) in [5.74, 6) is 3.33. The van der Waals surface area contributed by atoms with Gasteiger partial charge in [-0.1, -0.05) is 27.7 Å². The number of rotatable bonds is 3. The van der Waals surface area contributed by atoms with E-state index in [0.29, 0.717) is 10.7 Å². The molecule has 3 unspecified atom stereocenters. The highest BCUT2D eigenvalue weighted by Crippen LogP contribution is 2.36. The lowest BCUT2D eigenvalue weighted by Gasteiger charge is -2.38. The Morgan fingerprint density at radius 2 is 2.00 bits per heavy atom. The van der Waals surface area contributed by atoms with Gasteiger partial charge in [0.15, 0.2) is 0 Å². The average molecular weight is 300 g/mol. The van der Waals surface area contributed by atoms with E-state index in [-0.39, 0.29) is 6.10 Å². The maximum Gasteiger partial charge on any atom is 0.0580 e. The van der Waals surface area contributed by atoms with Gasteiger partial charge in [0.2, 0.25) is 0 Å². The van der Waals surface area contributed by atoms with E-state index < -0.39 is 0 Å². The summed E-state index contributed by atoms with van der Waals surface area (Å²) in [4.78, 5) is 2.61. The molecule has 1 aliphatic heterocycles. The predicted octanol–water partition coefficient (Wildman–Crippen LogP) is 3.64. The highest BCUT2D eigenvalue weighted by molar-refractivity contribution is 8.00. The van der Waals surface area contributed by atoms with Gasteiger partial charge in [-0.25, -0.2) is 0 Å². The summed E-state index contributed by atoms with van der Waals surface area (Å²) in [6, 6.07) is 0. The normalized spacial score (nSPS) is 36.0. The number of nitrogens with zero attached hydrogens (tertiary/aromatic N) is 1. The molecule has 1 N–H and O–H groups in total. The van der Waals surface area contributed by atoms with Crippen molar-refractivity contribution in [2.24, 2.45) is 17.8 Å². The van der Waals surface area contributed by atoms with Crippen molar-refractivity contribution in [3.63, 3.8) is 0 Å². The van der Waals surface area contributed by atoms with E-state index in [0.717, 1.165) is 24.8 Å². The van der Waals surface area contributed by atoms with Crippen molar-refractivity contribution in [1.29, 1.82) is 0 Å². The molecular weight excluding hydrogens is 266 g/mol. The largest absolute Gasteiger partial charge is 0.393 e. The van der Waals surface area contributed by atoms with E-state index in [1.807, 2.05) is 0 Å². The van der Waals surface area contributed by atoms with Crippen LogP contribution in [0.3, 0.4) is 0 Å². The summed E-state index contributed by atoms with van der Waals surface area (Å²) in [7, 11) is 0. The molecule has 1 saturated carbocycles. The fourth-order valence-electron chi connectivity index (χ4n) is 3.66. The highest BCUT2D eigenvalue weighted by atomic mass is 32.2. The second-order valence-electron chi connectivity index (χ2n) is 7.80. The van der Waals surface area contributed by atoms with Crippen molar-refractivity contribution in [2.75, 3.05) is 25.4 Å². The molecule has 2 fully saturated rings. The fourth-order valence-corrected chi connectivity index (χ4v) is 4.80. The molecule has 0 spiro atoms. The summed E-state index contributed by atoms with van der Waals surface area (Å²) >= 11 is 2.11. The molecule has 1 heterocycles. The molecule has 0 aromatic rings. The zero-order valence-electron chi connectivity index (χ0n) is 13.8. The number of thioether (sulfide) groups is 1. The topological polar surface area (TPSA) is 23.5 Å². The van der Waals surface area contributed by atoms with E-state index in [2.05, 4.69) is 44.4 Å². The van der Waals surface area contributed by atoms with Crippen LogP contribution >= 0.6 is 11.8 Å². The Balaban J connectivity index is 1.87. The Bertz CT molecular complexity index is 305. The van der Waals surface area contributed by atoms with Crippen LogP contribution in [0, 0.1) is 17.8 Å². The lowest BCUT2D eigenvalue weighted by Crippen LogP contribution is -2.40. The fraction of sp³-hybridized carbons (Fsp3) is 1.00. The van der Waals surface area contributed by atoms with Gasteiger partial charge in [-0.05, 0) is 50.0 Å². The van der Waals surface area contributed by atoms with Crippen LogP contribution < -0.4 is 0 Å². The molecule has 20 heavy (non-hydrogen) atoms. The third-order valence-corrected chi connectivity index (χ3v) is 6.72. The number of hydrogen-bond donors (Lipinski definition) is 1. The number of hydrogen-bond acceptors (Lipinski definition) is 3. The van der Waals surface area contributed by atoms with Crippen molar-refractivity contribution in [3.8, 4) is 0 Å². The van der Waals surface area contributed by atoms with Gasteiger partial charge >= 0.3 is 0 Å². The SMILES string of the molecule is CC(C)C1CCC(O)C(CN2CCSC(C)(C)CC2)C1. The van der Waals surface area contributed by atoms with Crippen molar-refractivity contribution in [3.05, 3.63) is 0 Å². The van der Waals surface area contributed by atoms with E-state index in [1.54, 1.807) is 0 Å². The quantitative estimate of drug-likeness (QED) is 0.860. The summed E-state index contributed by atoms with van der Waals surface area (Å²) in [5, 5.41) is 10.3. The molecule has 2 aliphatic rings. The Morgan fingerprint density at radius 3 is 2.70 bits per heavy atom. The third kappa shape index (κ3) is 4.64. The predicted molar refractivity (Wildman–Crippen MR) is 89.3 cm³/mol.